The van der Waals surface area contributed by atoms with Crippen molar-refractivity contribution in [3.05, 3.63) is 52.2 Å². The largest absolute Gasteiger partial charge is 0.326 e. The molecule has 2 amide bonds. The van der Waals surface area contributed by atoms with E-state index in [-0.39, 0.29) is 24.7 Å². The molecule has 2 N–H and O–H groups in total. The summed E-state index contributed by atoms with van der Waals surface area (Å²) >= 11 is 1.59. The fraction of sp³-hybridized carbons (Fsp3) is 0.188. The number of hydrogen-bond donors (Lipinski definition) is 2. The molecule has 1 heterocycles. The van der Waals surface area contributed by atoms with Crippen LogP contribution in [0.25, 0.3) is 0 Å². The zero-order valence-electron chi connectivity index (χ0n) is 12.2. The number of hydrogen-bond acceptors (Lipinski definition) is 4. The summed E-state index contributed by atoms with van der Waals surface area (Å²) < 4.78 is 0. The summed E-state index contributed by atoms with van der Waals surface area (Å²) in [6.45, 7) is 2.01. The molecule has 114 valence electrons. The van der Waals surface area contributed by atoms with Crippen LogP contribution >= 0.6 is 11.3 Å². The predicted octanol–water partition coefficient (Wildman–Crippen LogP) is 2.93. The molecule has 0 saturated heterocycles. The molecule has 0 unspecified atom stereocenters. The van der Waals surface area contributed by atoms with Crippen LogP contribution in [0.15, 0.2) is 47.6 Å². The van der Waals surface area contributed by atoms with E-state index in [0.717, 1.165) is 10.6 Å². The monoisotopic (exact) mass is 315 g/mol. The van der Waals surface area contributed by atoms with Crippen molar-refractivity contribution >= 4 is 35.1 Å². The van der Waals surface area contributed by atoms with Gasteiger partial charge in [-0.1, -0.05) is 18.2 Å². The van der Waals surface area contributed by atoms with Crippen molar-refractivity contribution in [1.29, 1.82) is 0 Å². The maximum Gasteiger partial charge on any atom is 0.240 e. The predicted molar refractivity (Wildman–Crippen MR) is 89.1 cm³/mol. The summed E-state index contributed by atoms with van der Waals surface area (Å²) in [5.41, 5.74) is 3.14. The molecule has 0 aliphatic rings. The van der Waals surface area contributed by atoms with Crippen molar-refractivity contribution in [2.45, 2.75) is 19.8 Å². The lowest BCUT2D eigenvalue weighted by atomic mass is 10.2. The molecule has 22 heavy (non-hydrogen) atoms. The third-order valence-electron chi connectivity index (χ3n) is 2.78. The SMILES string of the molecule is Cc1ccc(/C=N/NC(=O)CCC(=O)Nc2ccccc2)s1. The van der Waals surface area contributed by atoms with Gasteiger partial charge in [0, 0.05) is 28.3 Å². The molecule has 0 spiro atoms. The fourth-order valence-corrected chi connectivity index (χ4v) is 2.47. The molecule has 0 aliphatic carbocycles. The highest BCUT2D eigenvalue weighted by Gasteiger charge is 2.06. The zero-order chi connectivity index (χ0) is 15.8. The number of aryl methyl sites for hydroxylation is 1. The van der Waals surface area contributed by atoms with Gasteiger partial charge in [0.25, 0.3) is 0 Å². The summed E-state index contributed by atoms with van der Waals surface area (Å²) in [6, 6.07) is 13.1. The van der Waals surface area contributed by atoms with E-state index in [2.05, 4.69) is 15.8 Å². The molecule has 5 nitrogen and oxygen atoms in total. The Kier molecular flexibility index (Phi) is 5.85. The fourth-order valence-electron chi connectivity index (χ4n) is 1.72. The molecule has 0 bridgehead atoms. The van der Waals surface area contributed by atoms with E-state index in [1.807, 2.05) is 37.3 Å². The highest BCUT2D eigenvalue weighted by Crippen LogP contribution is 2.12. The average molecular weight is 315 g/mol. The smallest absolute Gasteiger partial charge is 0.240 e. The Morgan fingerprint density at radius 3 is 2.50 bits per heavy atom. The van der Waals surface area contributed by atoms with Crippen LogP contribution in [0.4, 0.5) is 5.69 Å². The molecule has 1 aromatic carbocycles. The number of nitrogens with one attached hydrogen (secondary N) is 2. The first-order chi connectivity index (χ1) is 10.6. The number of amides is 2. The van der Waals surface area contributed by atoms with Crippen LogP contribution in [0, 0.1) is 6.92 Å². The second-order valence-electron chi connectivity index (χ2n) is 4.66. The number of carbonyl (C=O) groups is 2. The molecule has 0 saturated carbocycles. The van der Waals surface area contributed by atoms with Gasteiger partial charge in [0.15, 0.2) is 0 Å². The average Bonchev–Trinajstić information content (AvgIpc) is 2.92. The number of hydrazone groups is 1. The minimum Gasteiger partial charge on any atom is -0.326 e. The van der Waals surface area contributed by atoms with E-state index in [4.69, 9.17) is 0 Å². The lowest BCUT2D eigenvalue weighted by Gasteiger charge is -2.04. The summed E-state index contributed by atoms with van der Waals surface area (Å²) in [7, 11) is 0. The highest BCUT2D eigenvalue weighted by molar-refractivity contribution is 7.13. The Balaban J connectivity index is 1.69. The summed E-state index contributed by atoms with van der Waals surface area (Å²) in [4.78, 5) is 25.4. The first kappa shape index (κ1) is 15.9. The van der Waals surface area contributed by atoms with Crippen molar-refractivity contribution in [2.24, 2.45) is 5.10 Å². The van der Waals surface area contributed by atoms with Crippen LogP contribution < -0.4 is 10.7 Å². The molecule has 6 heteroatoms. The van der Waals surface area contributed by atoms with Gasteiger partial charge in [0.2, 0.25) is 11.8 Å². The minimum atomic E-state index is -0.285. The molecule has 0 fully saturated rings. The Labute approximate surface area is 133 Å². The quantitative estimate of drug-likeness (QED) is 0.635. The molecule has 2 aromatic rings. The van der Waals surface area contributed by atoms with Crippen molar-refractivity contribution in [1.82, 2.24) is 5.43 Å². The van der Waals surface area contributed by atoms with Gasteiger partial charge in [-0.15, -0.1) is 11.3 Å². The number of benzene rings is 1. The number of nitrogens with zero attached hydrogens (tertiary/aromatic N) is 1. The molecule has 0 aliphatic heterocycles. The molecule has 0 radical (unpaired) electrons. The van der Waals surface area contributed by atoms with Crippen LogP contribution in [0.5, 0.6) is 0 Å². The van der Waals surface area contributed by atoms with Crippen LogP contribution in [-0.2, 0) is 9.59 Å². The molecule has 0 atom stereocenters. The first-order valence-corrected chi connectivity index (χ1v) is 7.68. The second-order valence-corrected chi connectivity index (χ2v) is 5.98. The third-order valence-corrected chi connectivity index (χ3v) is 3.71. The maximum atomic E-state index is 11.7. The van der Waals surface area contributed by atoms with Gasteiger partial charge < -0.3 is 5.32 Å². The van der Waals surface area contributed by atoms with E-state index in [9.17, 15) is 9.59 Å². The van der Waals surface area contributed by atoms with Crippen LogP contribution in [-0.4, -0.2) is 18.0 Å². The van der Waals surface area contributed by atoms with Gasteiger partial charge in [-0.2, -0.15) is 5.10 Å². The molecule has 1 aromatic heterocycles. The number of rotatable bonds is 6. The lowest BCUT2D eigenvalue weighted by molar-refractivity contribution is -0.124. The standard InChI is InChI=1S/C16H17N3O2S/c1-12-7-8-14(22-12)11-17-19-16(21)10-9-15(20)18-13-5-3-2-4-6-13/h2-8,11H,9-10H2,1H3,(H,18,20)(H,19,21)/b17-11+. The van der Waals surface area contributed by atoms with Gasteiger partial charge in [0.1, 0.15) is 0 Å². The van der Waals surface area contributed by atoms with Gasteiger partial charge in [-0.3, -0.25) is 9.59 Å². The number of para-hydroxylation sites is 1. The van der Waals surface area contributed by atoms with E-state index >= 15 is 0 Å². The lowest BCUT2D eigenvalue weighted by Crippen LogP contribution is -2.20. The van der Waals surface area contributed by atoms with Gasteiger partial charge in [-0.25, -0.2) is 5.43 Å². The van der Waals surface area contributed by atoms with Gasteiger partial charge in [-0.05, 0) is 31.2 Å². The number of thiophene rings is 1. The summed E-state index contributed by atoms with van der Waals surface area (Å²) in [5, 5.41) is 6.60. The van der Waals surface area contributed by atoms with E-state index < -0.39 is 0 Å². The Bertz CT molecular complexity index is 665. The zero-order valence-corrected chi connectivity index (χ0v) is 13.0. The number of carbonyl (C=O) groups excluding carboxylic acids is 2. The van der Waals surface area contributed by atoms with Crippen LogP contribution in [0.2, 0.25) is 0 Å². The highest BCUT2D eigenvalue weighted by atomic mass is 32.1. The topological polar surface area (TPSA) is 70.6 Å². The third kappa shape index (κ3) is 5.49. The Morgan fingerprint density at radius 1 is 1.09 bits per heavy atom. The molecule has 2 rings (SSSR count). The van der Waals surface area contributed by atoms with Crippen LogP contribution in [0.3, 0.4) is 0 Å². The van der Waals surface area contributed by atoms with E-state index in [1.54, 1.807) is 29.7 Å². The molecular formula is C16H17N3O2S. The normalized spacial score (nSPS) is 10.6. The van der Waals surface area contributed by atoms with Crippen LogP contribution in [0.1, 0.15) is 22.6 Å². The van der Waals surface area contributed by atoms with Crippen molar-refractivity contribution < 1.29 is 9.59 Å². The van der Waals surface area contributed by atoms with Gasteiger partial charge in [0.05, 0.1) is 6.21 Å². The Morgan fingerprint density at radius 2 is 1.82 bits per heavy atom. The summed E-state index contributed by atoms with van der Waals surface area (Å²) in [5.74, 6) is -0.480. The van der Waals surface area contributed by atoms with E-state index in [1.165, 1.54) is 4.88 Å². The maximum absolute atomic E-state index is 11.7. The van der Waals surface area contributed by atoms with Gasteiger partial charge >= 0.3 is 0 Å². The Hall–Kier alpha value is -2.47. The van der Waals surface area contributed by atoms with Crippen molar-refractivity contribution in [3.8, 4) is 0 Å². The number of anilines is 1. The second kappa shape index (κ2) is 8.09. The molecular weight excluding hydrogens is 298 g/mol. The van der Waals surface area contributed by atoms with Crippen molar-refractivity contribution in [2.75, 3.05) is 5.32 Å². The van der Waals surface area contributed by atoms with E-state index in [0.29, 0.717) is 0 Å². The van der Waals surface area contributed by atoms with Crippen molar-refractivity contribution in [3.63, 3.8) is 0 Å². The first-order valence-electron chi connectivity index (χ1n) is 6.87. The minimum absolute atomic E-state index is 0.0967. The summed E-state index contributed by atoms with van der Waals surface area (Å²) in [6.07, 6.45) is 1.81.